The number of benzene rings is 1. The van der Waals surface area contributed by atoms with Crippen LogP contribution < -0.4 is 5.32 Å². The first-order chi connectivity index (χ1) is 15.4. The number of pyridine rings is 1. The van der Waals surface area contributed by atoms with Crippen molar-refractivity contribution < 1.29 is 4.79 Å². The van der Waals surface area contributed by atoms with Gasteiger partial charge in [-0.25, -0.2) is 14.3 Å². The third-order valence-corrected chi connectivity index (χ3v) is 5.30. The van der Waals surface area contributed by atoms with E-state index in [0.29, 0.717) is 35.4 Å². The number of rotatable bonds is 6. The number of aryl methyl sites for hydroxylation is 3. The summed E-state index contributed by atoms with van der Waals surface area (Å²) in [5, 5.41) is 21.4. The number of carbonyl (C=O) groups is 1. The summed E-state index contributed by atoms with van der Waals surface area (Å²) in [4.78, 5) is 18.3. The lowest BCUT2D eigenvalue weighted by Gasteiger charge is -2.12. The van der Waals surface area contributed by atoms with E-state index in [1.807, 2.05) is 62.7 Å². The fourth-order valence-corrected chi connectivity index (χ4v) is 3.74. The van der Waals surface area contributed by atoms with Crippen LogP contribution in [0.1, 0.15) is 47.9 Å². The van der Waals surface area contributed by atoms with E-state index in [1.165, 1.54) is 0 Å². The van der Waals surface area contributed by atoms with E-state index in [4.69, 9.17) is 10.2 Å². The van der Waals surface area contributed by atoms with E-state index in [0.717, 1.165) is 22.5 Å². The van der Waals surface area contributed by atoms with E-state index in [1.54, 1.807) is 16.9 Å². The van der Waals surface area contributed by atoms with Gasteiger partial charge in [-0.05, 0) is 39.3 Å². The molecule has 8 heteroatoms. The van der Waals surface area contributed by atoms with E-state index >= 15 is 0 Å². The Kier molecular flexibility index (Phi) is 5.73. The molecule has 0 aliphatic carbocycles. The molecule has 0 saturated heterocycles. The molecule has 162 valence electrons. The number of nitrogens with zero attached hydrogens (tertiary/aromatic N) is 6. The fourth-order valence-electron chi connectivity index (χ4n) is 3.74. The Morgan fingerprint density at radius 2 is 2.00 bits per heavy atom. The summed E-state index contributed by atoms with van der Waals surface area (Å²) in [6.07, 6.45) is 2.00. The lowest BCUT2D eigenvalue weighted by atomic mass is 10.0. The van der Waals surface area contributed by atoms with Gasteiger partial charge in [-0.15, -0.1) is 0 Å². The number of hydrogen-bond donors (Lipinski definition) is 1. The summed E-state index contributed by atoms with van der Waals surface area (Å²) >= 11 is 0. The molecule has 32 heavy (non-hydrogen) atoms. The second-order valence-corrected chi connectivity index (χ2v) is 8.05. The molecule has 0 aliphatic heterocycles. The van der Waals surface area contributed by atoms with Crippen molar-refractivity contribution in [3.8, 4) is 17.3 Å². The highest BCUT2D eigenvalue weighted by molar-refractivity contribution is 6.12. The Morgan fingerprint density at radius 3 is 2.72 bits per heavy atom. The number of fused-ring (bicyclic) bond motifs is 1. The molecule has 0 atom stereocenters. The molecule has 3 heterocycles. The van der Waals surface area contributed by atoms with Crippen LogP contribution in [0.25, 0.3) is 22.3 Å². The van der Waals surface area contributed by atoms with E-state index in [9.17, 15) is 4.79 Å². The predicted octanol–water partition coefficient (Wildman–Crippen LogP) is 4.66. The van der Waals surface area contributed by atoms with E-state index in [2.05, 4.69) is 21.6 Å². The predicted molar refractivity (Wildman–Crippen MR) is 123 cm³/mol. The normalized spacial score (nSPS) is 11.1. The lowest BCUT2D eigenvalue weighted by molar-refractivity contribution is 0.102. The quantitative estimate of drug-likeness (QED) is 0.482. The van der Waals surface area contributed by atoms with Crippen molar-refractivity contribution in [2.75, 3.05) is 5.32 Å². The summed E-state index contributed by atoms with van der Waals surface area (Å²) in [5.41, 5.74) is 4.69. The Bertz CT molecular complexity index is 1340. The number of amides is 1. The SMILES string of the molecule is Cc1cc(NC(=O)c2cc(-c3ccccc3C)nc3c2cnn3C(C)C)n(CCC#N)n1. The minimum Gasteiger partial charge on any atom is -0.307 e. The van der Waals surface area contributed by atoms with Crippen LogP contribution in [0.2, 0.25) is 0 Å². The molecule has 0 saturated carbocycles. The van der Waals surface area contributed by atoms with Gasteiger partial charge in [-0.3, -0.25) is 4.79 Å². The molecule has 1 aromatic carbocycles. The Labute approximate surface area is 186 Å². The fraction of sp³-hybridized carbons (Fsp3) is 0.292. The summed E-state index contributed by atoms with van der Waals surface area (Å²) in [6, 6.07) is 13.8. The molecular formula is C24H25N7O. The molecule has 4 aromatic rings. The van der Waals surface area contributed by atoms with Gasteiger partial charge in [0, 0.05) is 17.7 Å². The van der Waals surface area contributed by atoms with Gasteiger partial charge >= 0.3 is 0 Å². The third-order valence-electron chi connectivity index (χ3n) is 5.30. The highest BCUT2D eigenvalue weighted by Crippen LogP contribution is 2.28. The minimum absolute atomic E-state index is 0.0955. The largest absolute Gasteiger partial charge is 0.307 e. The summed E-state index contributed by atoms with van der Waals surface area (Å²) < 4.78 is 3.48. The second kappa shape index (κ2) is 8.63. The molecule has 0 bridgehead atoms. The maximum Gasteiger partial charge on any atom is 0.257 e. The first-order valence-corrected chi connectivity index (χ1v) is 10.6. The van der Waals surface area contributed by atoms with Crippen LogP contribution in [0.3, 0.4) is 0 Å². The van der Waals surface area contributed by atoms with Crippen molar-refractivity contribution >= 4 is 22.8 Å². The molecular weight excluding hydrogens is 402 g/mol. The second-order valence-electron chi connectivity index (χ2n) is 8.05. The Morgan fingerprint density at radius 1 is 1.22 bits per heavy atom. The molecule has 3 aromatic heterocycles. The summed E-state index contributed by atoms with van der Waals surface area (Å²) in [5.74, 6) is 0.287. The topological polar surface area (TPSA) is 101 Å². The molecule has 1 amide bonds. The zero-order valence-corrected chi connectivity index (χ0v) is 18.6. The van der Waals surface area contributed by atoms with Gasteiger partial charge in [0.2, 0.25) is 0 Å². The average Bonchev–Trinajstić information content (AvgIpc) is 3.34. The van der Waals surface area contributed by atoms with Gasteiger partial charge in [-0.2, -0.15) is 15.5 Å². The van der Waals surface area contributed by atoms with Crippen molar-refractivity contribution in [1.82, 2.24) is 24.5 Å². The number of aromatic nitrogens is 5. The number of nitrogens with one attached hydrogen (secondary N) is 1. The first kappa shape index (κ1) is 21.2. The number of anilines is 1. The molecule has 8 nitrogen and oxygen atoms in total. The van der Waals surface area contributed by atoms with Crippen molar-refractivity contribution in [2.24, 2.45) is 0 Å². The molecule has 0 radical (unpaired) electrons. The summed E-state index contributed by atoms with van der Waals surface area (Å²) in [7, 11) is 0. The number of carbonyl (C=O) groups excluding carboxylic acids is 1. The molecule has 0 unspecified atom stereocenters. The monoisotopic (exact) mass is 427 g/mol. The van der Waals surface area contributed by atoms with Gasteiger partial charge in [0.25, 0.3) is 5.91 Å². The van der Waals surface area contributed by atoms with Gasteiger partial charge in [0.05, 0.1) is 47.6 Å². The number of nitriles is 1. The molecule has 0 spiro atoms. The van der Waals surface area contributed by atoms with Crippen LogP contribution in [-0.2, 0) is 6.54 Å². The highest BCUT2D eigenvalue weighted by atomic mass is 16.1. The van der Waals surface area contributed by atoms with Crippen LogP contribution in [0.5, 0.6) is 0 Å². The Balaban J connectivity index is 1.82. The number of hydrogen-bond acceptors (Lipinski definition) is 5. The van der Waals surface area contributed by atoms with E-state index < -0.39 is 0 Å². The average molecular weight is 428 g/mol. The van der Waals surface area contributed by atoms with E-state index in [-0.39, 0.29) is 11.9 Å². The smallest absolute Gasteiger partial charge is 0.257 e. The molecule has 0 aliphatic rings. The lowest BCUT2D eigenvalue weighted by Crippen LogP contribution is -2.17. The Hall–Kier alpha value is -3.99. The minimum atomic E-state index is -0.270. The molecule has 0 fully saturated rings. The maximum atomic E-state index is 13.4. The zero-order valence-electron chi connectivity index (χ0n) is 18.6. The van der Waals surface area contributed by atoms with Crippen LogP contribution >= 0.6 is 0 Å². The van der Waals surface area contributed by atoms with Crippen LogP contribution in [0, 0.1) is 25.2 Å². The maximum absolute atomic E-state index is 13.4. The first-order valence-electron chi connectivity index (χ1n) is 10.6. The van der Waals surface area contributed by atoms with Crippen LogP contribution in [0.4, 0.5) is 5.82 Å². The zero-order chi connectivity index (χ0) is 22.8. The van der Waals surface area contributed by atoms with Gasteiger partial charge in [-0.1, -0.05) is 24.3 Å². The standard InChI is InChI=1S/C24H25N7O/c1-15(2)31-23-20(14-26-31)19(13-21(27-23)18-9-6-5-8-16(18)3)24(32)28-22-12-17(4)29-30(22)11-7-10-25/h5-6,8-9,12-15H,7,11H2,1-4H3,(H,28,32). The van der Waals surface area contributed by atoms with Crippen molar-refractivity contribution in [3.05, 3.63) is 59.4 Å². The van der Waals surface area contributed by atoms with Crippen molar-refractivity contribution in [1.29, 1.82) is 5.26 Å². The van der Waals surface area contributed by atoms with Gasteiger partial charge in [0.15, 0.2) is 5.65 Å². The molecule has 4 rings (SSSR count). The third kappa shape index (κ3) is 3.97. The van der Waals surface area contributed by atoms with Crippen molar-refractivity contribution in [3.63, 3.8) is 0 Å². The van der Waals surface area contributed by atoms with Crippen LogP contribution in [-0.4, -0.2) is 30.5 Å². The molecule has 1 N–H and O–H groups in total. The van der Waals surface area contributed by atoms with Gasteiger partial charge in [0.1, 0.15) is 5.82 Å². The van der Waals surface area contributed by atoms with Gasteiger partial charge < -0.3 is 5.32 Å². The summed E-state index contributed by atoms with van der Waals surface area (Å²) in [6.45, 7) is 8.35. The van der Waals surface area contributed by atoms with Crippen molar-refractivity contribution in [2.45, 2.75) is 46.7 Å². The highest BCUT2D eigenvalue weighted by Gasteiger charge is 2.20. The van der Waals surface area contributed by atoms with Crippen LogP contribution in [0.15, 0.2) is 42.6 Å².